The largest absolute Gasteiger partial charge is 0.384 e. The summed E-state index contributed by atoms with van der Waals surface area (Å²) < 4.78 is 34.0. The normalized spacial score (nSPS) is 11.2. The summed E-state index contributed by atoms with van der Waals surface area (Å²) in [6, 6.07) is 19.2. The standard InChI is InChI=1S/C21H17N5O3S/c1-14-11-20(29-24-14)25-30(27,28)17-9-7-16(8-10-17)26-13-19(18(12-22)21(26)23)15-5-3-2-4-6-15/h2-11,13,25H,23H2,1H3. The van der Waals surface area contributed by atoms with Crippen molar-refractivity contribution in [2.24, 2.45) is 0 Å². The number of nitrogens with two attached hydrogens (primary N) is 1. The zero-order valence-corrected chi connectivity index (χ0v) is 16.7. The maximum absolute atomic E-state index is 12.5. The second kappa shape index (κ2) is 7.42. The number of hydrogen-bond donors (Lipinski definition) is 2. The van der Waals surface area contributed by atoms with Crippen LogP contribution in [0.3, 0.4) is 0 Å². The highest BCUT2D eigenvalue weighted by molar-refractivity contribution is 7.92. The highest BCUT2D eigenvalue weighted by Gasteiger charge is 2.19. The van der Waals surface area contributed by atoms with Crippen molar-refractivity contribution in [3.05, 3.63) is 78.1 Å². The number of aryl methyl sites for hydroxylation is 1. The summed E-state index contributed by atoms with van der Waals surface area (Å²) in [6.45, 7) is 1.69. The highest BCUT2D eigenvalue weighted by Crippen LogP contribution is 2.32. The van der Waals surface area contributed by atoms with Gasteiger partial charge in [0.15, 0.2) is 0 Å². The van der Waals surface area contributed by atoms with Gasteiger partial charge in [0.1, 0.15) is 17.5 Å². The third-order valence-electron chi connectivity index (χ3n) is 4.53. The molecular weight excluding hydrogens is 402 g/mol. The van der Waals surface area contributed by atoms with Crippen LogP contribution in [0.4, 0.5) is 11.7 Å². The molecule has 0 atom stereocenters. The highest BCUT2D eigenvalue weighted by atomic mass is 32.2. The molecule has 0 aliphatic heterocycles. The third-order valence-corrected chi connectivity index (χ3v) is 5.89. The molecule has 9 heteroatoms. The lowest BCUT2D eigenvalue weighted by atomic mass is 10.1. The number of anilines is 2. The van der Waals surface area contributed by atoms with Crippen LogP contribution < -0.4 is 10.5 Å². The monoisotopic (exact) mass is 419 g/mol. The Morgan fingerprint density at radius 2 is 1.83 bits per heavy atom. The molecule has 0 saturated heterocycles. The van der Waals surface area contributed by atoms with E-state index in [1.165, 1.54) is 18.2 Å². The van der Waals surface area contributed by atoms with Crippen LogP contribution in [0.1, 0.15) is 11.3 Å². The van der Waals surface area contributed by atoms with E-state index in [9.17, 15) is 13.7 Å². The first kappa shape index (κ1) is 19.3. The number of hydrogen-bond acceptors (Lipinski definition) is 6. The molecule has 0 fully saturated rings. The summed E-state index contributed by atoms with van der Waals surface area (Å²) >= 11 is 0. The first-order valence-electron chi connectivity index (χ1n) is 8.92. The molecule has 2 aromatic carbocycles. The van der Waals surface area contributed by atoms with E-state index >= 15 is 0 Å². The lowest BCUT2D eigenvalue weighted by Gasteiger charge is -2.08. The van der Waals surface area contributed by atoms with Crippen LogP contribution in [0.25, 0.3) is 16.8 Å². The van der Waals surface area contributed by atoms with Gasteiger partial charge < -0.3 is 14.8 Å². The Bertz CT molecular complexity index is 1350. The van der Waals surface area contributed by atoms with E-state index in [4.69, 9.17) is 10.3 Å². The predicted molar refractivity (Wildman–Crippen MR) is 112 cm³/mol. The van der Waals surface area contributed by atoms with Crippen molar-refractivity contribution in [2.45, 2.75) is 11.8 Å². The first-order valence-corrected chi connectivity index (χ1v) is 10.4. The van der Waals surface area contributed by atoms with E-state index < -0.39 is 10.0 Å². The molecule has 0 radical (unpaired) electrons. The first-order chi connectivity index (χ1) is 14.4. The van der Waals surface area contributed by atoms with Gasteiger partial charge in [-0.2, -0.15) is 5.26 Å². The van der Waals surface area contributed by atoms with Crippen molar-refractivity contribution < 1.29 is 12.9 Å². The molecule has 3 N–H and O–H groups in total. The summed E-state index contributed by atoms with van der Waals surface area (Å²) in [5, 5.41) is 13.2. The van der Waals surface area contributed by atoms with E-state index in [1.54, 1.807) is 29.8 Å². The molecule has 0 amide bonds. The average Bonchev–Trinajstić information content (AvgIpc) is 3.30. The van der Waals surface area contributed by atoms with Gasteiger partial charge in [0, 0.05) is 23.5 Å². The number of nitrogen functional groups attached to an aromatic ring is 1. The number of nitrogens with one attached hydrogen (secondary N) is 1. The van der Waals surface area contributed by atoms with Crippen LogP contribution in [0, 0.1) is 18.3 Å². The minimum Gasteiger partial charge on any atom is -0.384 e. The second-order valence-corrected chi connectivity index (χ2v) is 8.27. The molecule has 2 aromatic heterocycles. The van der Waals surface area contributed by atoms with Crippen LogP contribution in [-0.2, 0) is 10.0 Å². The minimum atomic E-state index is -3.84. The number of nitriles is 1. The Kier molecular flexibility index (Phi) is 4.77. The van der Waals surface area contributed by atoms with E-state index in [0.717, 1.165) is 5.56 Å². The molecule has 0 bridgehead atoms. The van der Waals surface area contributed by atoms with Gasteiger partial charge in [0.2, 0.25) is 5.88 Å². The van der Waals surface area contributed by atoms with Gasteiger partial charge >= 0.3 is 0 Å². The molecular formula is C21H17N5O3S. The summed E-state index contributed by atoms with van der Waals surface area (Å²) in [5.41, 5.74) is 9.32. The number of rotatable bonds is 5. The smallest absolute Gasteiger partial charge is 0.264 e. The zero-order valence-electron chi connectivity index (χ0n) is 15.9. The predicted octanol–water partition coefficient (Wildman–Crippen LogP) is 3.70. The van der Waals surface area contributed by atoms with Crippen molar-refractivity contribution in [2.75, 3.05) is 10.5 Å². The van der Waals surface area contributed by atoms with Crippen LogP contribution in [0.2, 0.25) is 0 Å². The minimum absolute atomic E-state index is 0.0393. The van der Waals surface area contributed by atoms with E-state index in [2.05, 4.69) is 15.9 Å². The van der Waals surface area contributed by atoms with Crippen LogP contribution in [0.5, 0.6) is 0 Å². The molecule has 8 nitrogen and oxygen atoms in total. The van der Waals surface area contributed by atoms with Crippen LogP contribution in [0.15, 0.2) is 76.3 Å². The maximum atomic E-state index is 12.5. The Morgan fingerprint density at radius 1 is 1.13 bits per heavy atom. The summed E-state index contributed by atoms with van der Waals surface area (Å²) in [4.78, 5) is 0.0508. The summed E-state index contributed by atoms with van der Waals surface area (Å²) in [6.07, 6.45) is 1.77. The zero-order chi connectivity index (χ0) is 21.3. The maximum Gasteiger partial charge on any atom is 0.264 e. The van der Waals surface area contributed by atoms with E-state index in [1.807, 2.05) is 30.3 Å². The Hall–Kier alpha value is -4.03. The molecule has 30 heavy (non-hydrogen) atoms. The fraction of sp³-hybridized carbons (Fsp3) is 0.0476. The van der Waals surface area contributed by atoms with Gasteiger partial charge in [-0.05, 0) is 36.8 Å². The number of nitrogens with zero attached hydrogens (tertiary/aromatic N) is 3. The molecule has 2 heterocycles. The van der Waals surface area contributed by atoms with Gasteiger partial charge in [0.05, 0.1) is 10.6 Å². The molecule has 0 saturated carbocycles. The lowest BCUT2D eigenvalue weighted by Crippen LogP contribution is -2.12. The quantitative estimate of drug-likeness (QED) is 0.508. The van der Waals surface area contributed by atoms with Gasteiger partial charge in [-0.3, -0.25) is 0 Å². The van der Waals surface area contributed by atoms with Gasteiger partial charge in [-0.15, -0.1) is 0 Å². The van der Waals surface area contributed by atoms with Gasteiger partial charge in [-0.1, -0.05) is 35.5 Å². The van der Waals surface area contributed by atoms with Crippen LogP contribution in [-0.4, -0.2) is 18.1 Å². The number of benzene rings is 2. The Labute approximate surface area is 173 Å². The number of aromatic nitrogens is 2. The van der Waals surface area contributed by atoms with Gasteiger partial charge in [0.25, 0.3) is 10.0 Å². The molecule has 0 aliphatic rings. The van der Waals surface area contributed by atoms with E-state index in [0.29, 0.717) is 22.5 Å². The fourth-order valence-corrected chi connectivity index (χ4v) is 4.05. The molecule has 4 aromatic rings. The second-order valence-electron chi connectivity index (χ2n) is 6.58. The molecule has 4 rings (SSSR count). The Balaban J connectivity index is 1.68. The Morgan fingerprint density at radius 3 is 2.43 bits per heavy atom. The summed E-state index contributed by atoms with van der Waals surface area (Å²) in [7, 11) is -3.84. The van der Waals surface area contributed by atoms with Crippen molar-refractivity contribution in [1.82, 2.24) is 9.72 Å². The van der Waals surface area contributed by atoms with Crippen molar-refractivity contribution in [3.8, 4) is 22.9 Å². The van der Waals surface area contributed by atoms with Crippen LogP contribution >= 0.6 is 0 Å². The van der Waals surface area contributed by atoms with Crippen molar-refractivity contribution >= 4 is 21.7 Å². The molecule has 150 valence electrons. The average molecular weight is 419 g/mol. The lowest BCUT2D eigenvalue weighted by molar-refractivity contribution is 0.430. The molecule has 0 unspecified atom stereocenters. The van der Waals surface area contributed by atoms with Crippen molar-refractivity contribution in [1.29, 1.82) is 5.26 Å². The third kappa shape index (κ3) is 3.52. The molecule has 0 spiro atoms. The van der Waals surface area contributed by atoms with Crippen molar-refractivity contribution in [3.63, 3.8) is 0 Å². The molecule has 0 aliphatic carbocycles. The number of sulfonamides is 1. The summed E-state index contributed by atoms with van der Waals surface area (Å²) in [5.74, 6) is 0.319. The SMILES string of the molecule is Cc1cc(NS(=O)(=O)c2ccc(-n3cc(-c4ccccc4)c(C#N)c3N)cc2)on1. The van der Waals surface area contributed by atoms with Gasteiger partial charge in [-0.25, -0.2) is 13.1 Å². The fourth-order valence-electron chi connectivity index (χ4n) is 3.08. The topological polar surface area (TPSA) is 127 Å². The van der Waals surface area contributed by atoms with E-state index in [-0.39, 0.29) is 16.6 Å².